The van der Waals surface area contributed by atoms with Gasteiger partial charge in [-0.1, -0.05) is 36.4 Å². The predicted octanol–water partition coefficient (Wildman–Crippen LogP) is 3.11. The maximum Gasteiger partial charge on any atom is 0.243 e. The molecule has 140 valence electrons. The molecule has 0 spiro atoms. The van der Waals surface area contributed by atoms with Crippen LogP contribution in [-0.4, -0.2) is 49.7 Å². The van der Waals surface area contributed by atoms with Crippen molar-refractivity contribution in [3.05, 3.63) is 42.5 Å². The van der Waals surface area contributed by atoms with Crippen LogP contribution in [0.15, 0.2) is 47.4 Å². The molecule has 2 aromatic carbocycles. The third kappa shape index (κ3) is 3.48. The molecule has 1 aliphatic rings. The van der Waals surface area contributed by atoms with E-state index in [9.17, 15) is 13.2 Å². The monoisotopic (exact) mass is 374 g/mol. The zero-order chi connectivity index (χ0) is 18.7. The number of sulfonamides is 1. The third-order valence-corrected chi connectivity index (χ3v) is 7.10. The van der Waals surface area contributed by atoms with E-state index in [-0.39, 0.29) is 18.4 Å². The molecule has 0 aromatic heterocycles. The van der Waals surface area contributed by atoms with Gasteiger partial charge in [0.25, 0.3) is 0 Å². The van der Waals surface area contributed by atoms with Crippen LogP contribution in [0.3, 0.4) is 0 Å². The Kier molecular flexibility index (Phi) is 5.63. The van der Waals surface area contributed by atoms with Crippen molar-refractivity contribution in [2.45, 2.75) is 31.6 Å². The van der Waals surface area contributed by atoms with Gasteiger partial charge in [0.2, 0.25) is 15.9 Å². The largest absolute Gasteiger partial charge is 0.343 e. The van der Waals surface area contributed by atoms with E-state index in [1.54, 1.807) is 17.0 Å². The molecule has 1 atom stereocenters. The van der Waals surface area contributed by atoms with Gasteiger partial charge in [0.05, 0.1) is 10.8 Å². The molecule has 1 amide bonds. The van der Waals surface area contributed by atoms with Gasteiger partial charge in [0.15, 0.2) is 0 Å². The molecule has 0 aliphatic carbocycles. The van der Waals surface area contributed by atoms with Crippen LogP contribution in [0.5, 0.6) is 0 Å². The summed E-state index contributed by atoms with van der Waals surface area (Å²) in [4.78, 5) is 14.8. The topological polar surface area (TPSA) is 57.7 Å². The van der Waals surface area contributed by atoms with Gasteiger partial charge in [0.1, 0.15) is 0 Å². The number of hydrogen-bond acceptors (Lipinski definition) is 3. The van der Waals surface area contributed by atoms with Gasteiger partial charge in [-0.05, 0) is 38.1 Å². The SMILES string of the molecule is CCN(CC)C(=O)C1CCCN(S(=O)(=O)c2cccc3ccccc23)C1. The van der Waals surface area contributed by atoms with Crippen LogP contribution in [-0.2, 0) is 14.8 Å². The summed E-state index contributed by atoms with van der Waals surface area (Å²) < 4.78 is 28.0. The van der Waals surface area contributed by atoms with Crippen LogP contribution in [0.4, 0.5) is 0 Å². The number of rotatable bonds is 5. The van der Waals surface area contributed by atoms with Crippen molar-refractivity contribution < 1.29 is 13.2 Å². The minimum Gasteiger partial charge on any atom is -0.343 e. The predicted molar refractivity (Wildman–Crippen MR) is 103 cm³/mol. The summed E-state index contributed by atoms with van der Waals surface area (Å²) in [7, 11) is -3.63. The number of fused-ring (bicyclic) bond motifs is 1. The second-order valence-electron chi connectivity index (χ2n) is 6.69. The van der Waals surface area contributed by atoms with E-state index in [4.69, 9.17) is 0 Å². The van der Waals surface area contributed by atoms with E-state index in [0.29, 0.717) is 31.0 Å². The summed E-state index contributed by atoms with van der Waals surface area (Å²) in [5.41, 5.74) is 0. The zero-order valence-electron chi connectivity index (χ0n) is 15.4. The first-order chi connectivity index (χ1) is 12.5. The summed E-state index contributed by atoms with van der Waals surface area (Å²) >= 11 is 0. The summed E-state index contributed by atoms with van der Waals surface area (Å²) in [6.07, 6.45) is 1.46. The maximum atomic E-state index is 13.3. The van der Waals surface area contributed by atoms with Gasteiger partial charge in [0, 0.05) is 31.6 Å². The minimum atomic E-state index is -3.63. The highest BCUT2D eigenvalue weighted by atomic mass is 32.2. The molecule has 26 heavy (non-hydrogen) atoms. The van der Waals surface area contributed by atoms with E-state index in [1.165, 1.54) is 4.31 Å². The molecule has 0 radical (unpaired) electrons. The highest BCUT2D eigenvalue weighted by Crippen LogP contribution is 2.29. The molecule has 0 N–H and O–H groups in total. The third-order valence-electron chi connectivity index (χ3n) is 5.18. The molecule has 0 bridgehead atoms. The zero-order valence-corrected chi connectivity index (χ0v) is 16.2. The Morgan fingerprint density at radius 2 is 1.81 bits per heavy atom. The fraction of sp³-hybridized carbons (Fsp3) is 0.450. The van der Waals surface area contributed by atoms with E-state index in [1.807, 2.05) is 44.2 Å². The van der Waals surface area contributed by atoms with Crippen LogP contribution in [0.1, 0.15) is 26.7 Å². The molecule has 1 fully saturated rings. The van der Waals surface area contributed by atoms with Crippen LogP contribution in [0, 0.1) is 5.92 Å². The molecule has 5 nitrogen and oxygen atoms in total. The molecule has 6 heteroatoms. The number of benzene rings is 2. The number of amides is 1. The van der Waals surface area contributed by atoms with Crippen LogP contribution in [0.25, 0.3) is 10.8 Å². The van der Waals surface area contributed by atoms with Crippen molar-refractivity contribution in [1.29, 1.82) is 0 Å². The minimum absolute atomic E-state index is 0.0628. The molecule has 1 aliphatic heterocycles. The second kappa shape index (κ2) is 7.76. The van der Waals surface area contributed by atoms with Gasteiger partial charge in [-0.25, -0.2) is 8.42 Å². The molecule has 1 unspecified atom stereocenters. The lowest BCUT2D eigenvalue weighted by atomic mass is 9.98. The fourth-order valence-corrected chi connectivity index (χ4v) is 5.45. The second-order valence-corrected chi connectivity index (χ2v) is 8.60. The highest BCUT2D eigenvalue weighted by molar-refractivity contribution is 7.89. The van der Waals surface area contributed by atoms with Crippen molar-refractivity contribution in [1.82, 2.24) is 9.21 Å². The normalized spacial score (nSPS) is 18.8. The van der Waals surface area contributed by atoms with Crippen molar-refractivity contribution in [3.63, 3.8) is 0 Å². The van der Waals surface area contributed by atoms with E-state index in [0.717, 1.165) is 17.2 Å². The molecular weight excluding hydrogens is 348 g/mol. The Morgan fingerprint density at radius 1 is 1.12 bits per heavy atom. The highest BCUT2D eigenvalue weighted by Gasteiger charge is 2.35. The van der Waals surface area contributed by atoms with Gasteiger partial charge in [-0.3, -0.25) is 4.79 Å². The summed E-state index contributed by atoms with van der Waals surface area (Å²) in [6, 6.07) is 12.9. The molecular formula is C20H26N2O3S. The number of piperidine rings is 1. The Bertz CT molecular complexity index is 886. The Balaban J connectivity index is 1.91. The van der Waals surface area contributed by atoms with Crippen molar-refractivity contribution >= 4 is 26.7 Å². The fourth-order valence-electron chi connectivity index (χ4n) is 3.72. The molecule has 0 saturated carbocycles. The van der Waals surface area contributed by atoms with E-state index in [2.05, 4.69) is 0 Å². The van der Waals surface area contributed by atoms with Crippen molar-refractivity contribution in [2.24, 2.45) is 5.92 Å². The van der Waals surface area contributed by atoms with Crippen molar-refractivity contribution in [2.75, 3.05) is 26.2 Å². The Hall–Kier alpha value is -1.92. The smallest absolute Gasteiger partial charge is 0.243 e. The van der Waals surface area contributed by atoms with Crippen molar-refractivity contribution in [3.8, 4) is 0 Å². The number of carbonyl (C=O) groups excluding carboxylic acids is 1. The van der Waals surface area contributed by atoms with Gasteiger partial charge in [-0.15, -0.1) is 0 Å². The quantitative estimate of drug-likeness (QED) is 0.808. The van der Waals surface area contributed by atoms with Crippen LogP contribution in [0.2, 0.25) is 0 Å². The maximum absolute atomic E-state index is 13.3. The first-order valence-electron chi connectivity index (χ1n) is 9.25. The lowest BCUT2D eigenvalue weighted by molar-refractivity contribution is -0.136. The lowest BCUT2D eigenvalue weighted by Crippen LogP contribution is -2.46. The standard InChI is InChI=1S/C20H26N2O3S/c1-3-21(4-2)20(23)17-11-8-14-22(15-17)26(24,25)19-13-7-10-16-9-5-6-12-18(16)19/h5-7,9-10,12-13,17H,3-4,8,11,14-15H2,1-2H3. The van der Waals surface area contributed by atoms with E-state index < -0.39 is 10.0 Å². The average Bonchev–Trinajstić information content (AvgIpc) is 2.68. The first-order valence-corrected chi connectivity index (χ1v) is 10.7. The molecule has 1 heterocycles. The number of hydrogen-bond donors (Lipinski definition) is 0. The van der Waals surface area contributed by atoms with Gasteiger partial charge < -0.3 is 4.90 Å². The Labute approximate surface area is 155 Å². The first kappa shape index (κ1) is 18.9. The summed E-state index contributed by atoms with van der Waals surface area (Å²) in [6.45, 7) is 5.95. The van der Waals surface area contributed by atoms with Crippen LogP contribution < -0.4 is 0 Å². The van der Waals surface area contributed by atoms with Crippen LogP contribution >= 0.6 is 0 Å². The summed E-state index contributed by atoms with van der Waals surface area (Å²) in [5, 5.41) is 1.63. The average molecular weight is 375 g/mol. The lowest BCUT2D eigenvalue weighted by Gasteiger charge is -2.34. The van der Waals surface area contributed by atoms with Gasteiger partial charge in [-0.2, -0.15) is 4.31 Å². The number of carbonyl (C=O) groups is 1. The Morgan fingerprint density at radius 3 is 2.54 bits per heavy atom. The van der Waals surface area contributed by atoms with Gasteiger partial charge >= 0.3 is 0 Å². The summed E-state index contributed by atoms with van der Waals surface area (Å²) in [5.74, 6) is -0.193. The molecule has 3 rings (SSSR count). The molecule has 2 aromatic rings. The van der Waals surface area contributed by atoms with E-state index >= 15 is 0 Å². The molecule has 1 saturated heterocycles. The number of nitrogens with zero attached hydrogens (tertiary/aromatic N) is 2.